The Labute approximate surface area is 71.1 Å². The summed E-state index contributed by atoms with van der Waals surface area (Å²) in [5, 5.41) is 4.03. The van der Waals surface area contributed by atoms with Crippen LogP contribution in [-0.2, 0) is 6.54 Å². The van der Waals surface area contributed by atoms with Gasteiger partial charge in [0, 0.05) is 6.54 Å². The number of alkyl halides is 1. The smallest absolute Gasteiger partial charge is 0.157 e. The van der Waals surface area contributed by atoms with Gasteiger partial charge in [-0.25, -0.2) is 4.39 Å². The number of aromatic nitrogens is 2. The molecule has 0 aliphatic heterocycles. The van der Waals surface area contributed by atoms with Crippen molar-refractivity contribution < 1.29 is 9.13 Å². The van der Waals surface area contributed by atoms with E-state index in [1.807, 2.05) is 0 Å². The molecule has 1 rings (SSSR count). The maximum absolute atomic E-state index is 11.7. The molecule has 3 nitrogen and oxygen atoms in total. The first kappa shape index (κ1) is 9.03. The second-order valence-electron chi connectivity index (χ2n) is 2.48. The van der Waals surface area contributed by atoms with Crippen LogP contribution in [0.2, 0.25) is 0 Å². The standard InChI is InChI=1S/C8H13FN2O/c1-2-4-11-7-8(6-10-11)12-5-3-9/h6-7H,2-5H2,1H3. The zero-order chi connectivity index (χ0) is 8.81. The number of nitrogens with zero attached hydrogens (tertiary/aromatic N) is 2. The molecule has 1 heterocycles. The molecule has 0 atom stereocenters. The Morgan fingerprint density at radius 2 is 2.50 bits per heavy atom. The van der Waals surface area contributed by atoms with Crippen molar-refractivity contribution in [3.63, 3.8) is 0 Å². The maximum atomic E-state index is 11.7. The van der Waals surface area contributed by atoms with Crippen LogP contribution in [0.5, 0.6) is 5.75 Å². The third kappa shape index (κ3) is 2.53. The Bertz CT molecular complexity index is 225. The number of rotatable bonds is 5. The van der Waals surface area contributed by atoms with E-state index in [1.54, 1.807) is 17.1 Å². The van der Waals surface area contributed by atoms with Crippen LogP contribution in [-0.4, -0.2) is 23.1 Å². The van der Waals surface area contributed by atoms with Gasteiger partial charge in [-0.3, -0.25) is 4.68 Å². The van der Waals surface area contributed by atoms with Crippen LogP contribution < -0.4 is 4.74 Å². The molecule has 4 heteroatoms. The van der Waals surface area contributed by atoms with Crippen molar-refractivity contribution in [1.29, 1.82) is 0 Å². The summed E-state index contributed by atoms with van der Waals surface area (Å²) in [5.41, 5.74) is 0. The van der Waals surface area contributed by atoms with E-state index in [0.717, 1.165) is 13.0 Å². The van der Waals surface area contributed by atoms with Gasteiger partial charge in [0.1, 0.15) is 13.3 Å². The quantitative estimate of drug-likeness (QED) is 0.675. The van der Waals surface area contributed by atoms with Crippen molar-refractivity contribution in [2.24, 2.45) is 0 Å². The molecule has 0 N–H and O–H groups in total. The Kier molecular flexibility index (Phi) is 3.57. The zero-order valence-corrected chi connectivity index (χ0v) is 7.16. The molecular weight excluding hydrogens is 159 g/mol. The minimum Gasteiger partial charge on any atom is -0.488 e. The van der Waals surface area contributed by atoms with Crippen LogP contribution in [0.1, 0.15) is 13.3 Å². The van der Waals surface area contributed by atoms with Gasteiger partial charge in [0.2, 0.25) is 0 Å². The Morgan fingerprint density at radius 1 is 1.67 bits per heavy atom. The highest BCUT2D eigenvalue weighted by Crippen LogP contribution is 2.07. The van der Waals surface area contributed by atoms with Crippen molar-refractivity contribution in [1.82, 2.24) is 9.78 Å². The molecule has 0 saturated heterocycles. The molecule has 0 radical (unpaired) electrons. The predicted molar refractivity (Wildman–Crippen MR) is 44.0 cm³/mol. The average molecular weight is 172 g/mol. The van der Waals surface area contributed by atoms with Gasteiger partial charge in [-0.1, -0.05) is 6.92 Å². The van der Waals surface area contributed by atoms with Crippen molar-refractivity contribution in [2.45, 2.75) is 19.9 Å². The summed E-state index contributed by atoms with van der Waals surface area (Å²) in [6.45, 7) is 2.60. The number of ether oxygens (including phenoxy) is 1. The van der Waals surface area contributed by atoms with Gasteiger partial charge in [-0.05, 0) is 6.42 Å². The zero-order valence-electron chi connectivity index (χ0n) is 7.16. The van der Waals surface area contributed by atoms with E-state index in [-0.39, 0.29) is 6.61 Å². The molecule has 12 heavy (non-hydrogen) atoms. The summed E-state index contributed by atoms with van der Waals surface area (Å²) in [5.74, 6) is 0.640. The van der Waals surface area contributed by atoms with E-state index in [1.165, 1.54) is 0 Å². The highest BCUT2D eigenvalue weighted by atomic mass is 19.1. The molecule has 0 spiro atoms. The van der Waals surface area contributed by atoms with E-state index in [4.69, 9.17) is 4.74 Å². The first-order valence-electron chi connectivity index (χ1n) is 4.08. The Hall–Kier alpha value is -1.06. The van der Waals surface area contributed by atoms with Gasteiger partial charge < -0.3 is 4.74 Å². The highest BCUT2D eigenvalue weighted by Gasteiger charge is 1.97. The molecule has 0 aromatic carbocycles. The summed E-state index contributed by atoms with van der Waals surface area (Å²) in [4.78, 5) is 0. The first-order chi connectivity index (χ1) is 5.86. The molecule has 68 valence electrons. The minimum absolute atomic E-state index is 0.109. The summed E-state index contributed by atoms with van der Waals surface area (Å²) < 4.78 is 18.5. The Morgan fingerprint density at radius 3 is 3.17 bits per heavy atom. The molecule has 0 aliphatic rings. The van der Waals surface area contributed by atoms with Crippen LogP contribution in [0, 0.1) is 0 Å². The summed E-state index contributed by atoms with van der Waals surface area (Å²) in [6, 6.07) is 0. The predicted octanol–water partition coefficient (Wildman–Crippen LogP) is 1.64. The monoisotopic (exact) mass is 172 g/mol. The van der Waals surface area contributed by atoms with E-state index < -0.39 is 6.67 Å². The fourth-order valence-corrected chi connectivity index (χ4v) is 0.927. The van der Waals surface area contributed by atoms with E-state index in [2.05, 4.69) is 12.0 Å². The topological polar surface area (TPSA) is 27.1 Å². The van der Waals surface area contributed by atoms with Crippen molar-refractivity contribution in [3.05, 3.63) is 12.4 Å². The van der Waals surface area contributed by atoms with Gasteiger partial charge in [0.25, 0.3) is 0 Å². The highest BCUT2D eigenvalue weighted by molar-refractivity contribution is 5.11. The van der Waals surface area contributed by atoms with Crippen molar-refractivity contribution in [2.75, 3.05) is 13.3 Å². The van der Waals surface area contributed by atoms with Crippen molar-refractivity contribution >= 4 is 0 Å². The molecule has 0 saturated carbocycles. The van der Waals surface area contributed by atoms with Gasteiger partial charge in [-0.2, -0.15) is 5.10 Å². The van der Waals surface area contributed by atoms with Crippen LogP contribution in [0.3, 0.4) is 0 Å². The molecule has 1 aromatic heterocycles. The number of hydrogen-bond acceptors (Lipinski definition) is 2. The lowest BCUT2D eigenvalue weighted by atomic mass is 10.5. The SMILES string of the molecule is CCCn1cc(OCCF)cn1. The molecule has 1 aromatic rings. The second-order valence-corrected chi connectivity index (χ2v) is 2.48. The molecular formula is C8H13FN2O. The van der Waals surface area contributed by atoms with Gasteiger partial charge in [0.15, 0.2) is 5.75 Å². The lowest BCUT2D eigenvalue weighted by Gasteiger charge is -1.97. The fraction of sp³-hybridized carbons (Fsp3) is 0.625. The third-order valence-corrected chi connectivity index (χ3v) is 1.41. The normalized spacial score (nSPS) is 10.2. The van der Waals surface area contributed by atoms with E-state index in [0.29, 0.717) is 5.75 Å². The largest absolute Gasteiger partial charge is 0.488 e. The fourth-order valence-electron chi connectivity index (χ4n) is 0.927. The van der Waals surface area contributed by atoms with Gasteiger partial charge in [-0.15, -0.1) is 0 Å². The van der Waals surface area contributed by atoms with Crippen LogP contribution in [0.15, 0.2) is 12.4 Å². The van der Waals surface area contributed by atoms with Crippen LogP contribution in [0.4, 0.5) is 4.39 Å². The summed E-state index contributed by atoms with van der Waals surface area (Å²) in [7, 11) is 0. The molecule has 0 amide bonds. The van der Waals surface area contributed by atoms with E-state index in [9.17, 15) is 4.39 Å². The molecule has 0 unspecified atom stereocenters. The van der Waals surface area contributed by atoms with E-state index >= 15 is 0 Å². The maximum Gasteiger partial charge on any atom is 0.157 e. The Balaban J connectivity index is 2.41. The second kappa shape index (κ2) is 4.74. The summed E-state index contributed by atoms with van der Waals surface area (Å²) in [6.07, 6.45) is 4.41. The number of aryl methyl sites for hydroxylation is 1. The lowest BCUT2D eigenvalue weighted by molar-refractivity contribution is 0.273. The van der Waals surface area contributed by atoms with Crippen molar-refractivity contribution in [3.8, 4) is 5.75 Å². The molecule has 0 bridgehead atoms. The summed E-state index contributed by atoms with van der Waals surface area (Å²) >= 11 is 0. The van der Waals surface area contributed by atoms with Crippen LogP contribution >= 0.6 is 0 Å². The van der Waals surface area contributed by atoms with Crippen LogP contribution in [0.25, 0.3) is 0 Å². The number of hydrogen-bond donors (Lipinski definition) is 0. The third-order valence-electron chi connectivity index (χ3n) is 1.41. The minimum atomic E-state index is -0.459. The first-order valence-corrected chi connectivity index (χ1v) is 4.08. The number of halogens is 1. The van der Waals surface area contributed by atoms with Gasteiger partial charge in [0.05, 0.1) is 12.4 Å². The lowest BCUT2D eigenvalue weighted by Crippen LogP contribution is -1.98. The molecule has 0 fully saturated rings. The average Bonchev–Trinajstić information content (AvgIpc) is 2.50. The molecule has 0 aliphatic carbocycles. The van der Waals surface area contributed by atoms with Gasteiger partial charge >= 0.3 is 0 Å².